The van der Waals surface area contributed by atoms with Gasteiger partial charge >= 0.3 is 6.18 Å². The molecule has 1 amide bonds. The van der Waals surface area contributed by atoms with Crippen molar-refractivity contribution >= 4 is 5.91 Å². The molecule has 0 bridgehead atoms. The van der Waals surface area contributed by atoms with Crippen molar-refractivity contribution in [1.82, 2.24) is 5.32 Å². The van der Waals surface area contributed by atoms with Gasteiger partial charge in [0.15, 0.2) is 12.4 Å². The Morgan fingerprint density at radius 2 is 1.76 bits per heavy atom. The van der Waals surface area contributed by atoms with Crippen LogP contribution in [-0.4, -0.2) is 18.6 Å². The highest BCUT2D eigenvalue weighted by Crippen LogP contribution is 2.21. The SMILES string of the molecule is CCC(CC)c1cc[n+]([C@@H](C)C(=O)NCC(F)(F)F)cc1. The smallest absolute Gasteiger partial charge is 0.341 e. The first kappa shape index (κ1) is 17.5. The van der Waals surface area contributed by atoms with Crippen LogP contribution >= 0.6 is 0 Å². The summed E-state index contributed by atoms with van der Waals surface area (Å²) in [5.41, 5.74) is 1.18. The Morgan fingerprint density at radius 1 is 1.24 bits per heavy atom. The van der Waals surface area contributed by atoms with Crippen LogP contribution in [0.3, 0.4) is 0 Å². The first-order valence-corrected chi connectivity index (χ1v) is 7.13. The van der Waals surface area contributed by atoms with Gasteiger partial charge in [0.25, 0.3) is 5.91 Å². The molecular formula is C15H22F3N2O+. The molecule has 3 nitrogen and oxygen atoms in total. The summed E-state index contributed by atoms with van der Waals surface area (Å²) < 4.78 is 37.8. The van der Waals surface area contributed by atoms with Crippen LogP contribution in [0.15, 0.2) is 24.5 Å². The summed E-state index contributed by atoms with van der Waals surface area (Å²) in [7, 11) is 0. The largest absolute Gasteiger partial charge is 0.405 e. The van der Waals surface area contributed by atoms with E-state index < -0.39 is 24.7 Å². The zero-order chi connectivity index (χ0) is 16.0. The Bertz CT molecular complexity index is 453. The molecule has 1 atom stereocenters. The van der Waals surface area contributed by atoms with E-state index >= 15 is 0 Å². The molecule has 1 aromatic heterocycles. The van der Waals surface area contributed by atoms with E-state index in [1.807, 2.05) is 17.4 Å². The van der Waals surface area contributed by atoms with Crippen molar-refractivity contribution < 1.29 is 22.5 Å². The standard InChI is InChI=1S/C15H21F3N2O/c1-4-12(5-2)13-6-8-20(9-7-13)11(3)14(21)19-10-15(16,17)18/h6-9,11-12H,4-5,10H2,1-3H3/p+1/t11-/m0/s1. The first-order chi connectivity index (χ1) is 9.78. The number of carbonyl (C=O) groups excluding carboxylic acids is 1. The van der Waals surface area contributed by atoms with Crippen LogP contribution < -0.4 is 9.88 Å². The van der Waals surface area contributed by atoms with Gasteiger partial charge in [0.05, 0.1) is 0 Å². The van der Waals surface area contributed by atoms with Gasteiger partial charge in [-0.05, 0) is 24.3 Å². The Balaban J connectivity index is 2.70. The lowest BCUT2D eigenvalue weighted by molar-refractivity contribution is -0.706. The van der Waals surface area contributed by atoms with E-state index in [0.29, 0.717) is 5.92 Å². The molecule has 118 valence electrons. The second kappa shape index (κ2) is 7.43. The summed E-state index contributed by atoms with van der Waals surface area (Å²) in [5.74, 6) is -0.179. The number of halogens is 3. The van der Waals surface area contributed by atoms with E-state index in [-0.39, 0.29) is 0 Å². The molecule has 0 fully saturated rings. The minimum absolute atomic E-state index is 0.467. The van der Waals surface area contributed by atoms with Gasteiger partial charge < -0.3 is 5.32 Å². The van der Waals surface area contributed by atoms with Crippen LogP contribution in [0.5, 0.6) is 0 Å². The maximum absolute atomic E-state index is 12.1. The molecule has 0 saturated heterocycles. The maximum Gasteiger partial charge on any atom is 0.405 e. The number of amides is 1. The molecule has 0 saturated carbocycles. The predicted molar refractivity (Wildman–Crippen MR) is 73.7 cm³/mol. The zero-order valence-corrected chi connectivity index (χ0v) is 12.6. The minimum atomic E-state index is -4.39. The Morgan fingerprint density at radius 3 is 2.19 bits per heavy atom. The fourth-order valence-electron chi connectivity index (χ4n) is 2.21. The van der Waals surface area contributed by atoms with Crippen molar-refractivity contribution in [3.05, 3.63) is 30.1 Å². The summed E-state index contributed by atoms with van der Waals surface area (Å²) in [5, 5.41) is 1.90. The fourth-order valence-corrected chi connectivity index (χ4v) is 2.21. The van der Waals surface area contributed by atoms with Crippen LogP contribution in [-0.2, 0) is 4.79 Å². The number of nitrogens with one attached hydrogen (secondary N) is 1. The number of nitrogens with zero attached hydrogens (tertiary/aromatic N) is 1. The van der Waals surface area contributed by atoms with Crippen LogP contribution in [0.1, 0.15) is 51.1 Å². The second-order valence-electron chi connectivity index (χ2n) is 5.10. The fraction of sp³-hybridized carbons (Fsp3) is 0.600. The molecular weight excluding hydrogens is 281 g/mol. The number of hydrogen-bond acceptors (Lipinski definition) is 1. The third-order valence-corrected chi connectivity index (χ3v) is 3.62. The molecule has 1 rings (SSSR count). The van der Waals surface area contributed by atoms with Crippen LogP contribution in [0.2, 0.25) is 0 Å². The quantitative estimate of drug-likeness (QED) is 0.805. The Labute approximate surface area is 123 Å². The van der Waals surface area contributed by atoms with Crippen molar-refractivity contribution in [3.8, 4) is 0 Å². The number of rotatable bonds is 6. The Hall–Kier alpha value is -1.59. The van der Waals surface area contributed by atoms with Gasteiger partial charge in [-0.25, -0.2) is 0 Å². The van der Waals surface area contributed by atoms with Gasteiger partial charge in [-0.2, -0.15) is 17.7 Å². The minimum Gasteiger partial charge on any atom is -0.341 e. The number of pyridine rings is 1. The molecule has 0 aromatic carbocycles. The van der Waals surface area contributed by atoms with Gasteiger partial charge in [0.2, 0.25) is 6.04 Å². The van der Waals surface area contributed by atoms with Gasteiger partial charge in [0, 0.05) is 19.1 Å². The molecule has 21 heavy (non-hydrogen) atoms. The molecule has 0 spiro atoms. The molecule has 0 aliphatic heterocycles. The highest BCUT2D eigenvalue weighted by Gasteiger charge is 2.30. The Kier molecular flexibility index (Phi) is 6.18. The van der Waals surface area contributed by atoms with Crippen molar-refractivity contribution in [2.45, 2.75) is 51.7 Å². The van der Waals surface area contributed by atoms with Crippen molar-refractivity contribution in [1.29, 1.82) is 0 Å². The lowest BCUT2D eigenvalue weighted by Crippen LogP contribution is -2.48. The van der Waals surface area contributed by atoms with Gasteiger partial charge in [-0.3, -0.25) is 4.79 Å². The normalized spacial score (nSPS) is 13.3. The molecule has 0 unspecified atom stereocenters. The summed E-state index contributed by atoms with van der Waals surface area (Å²) in [4.78, 5) is 11.7. The lowest BCUT2D eigenvalue weighted by atomic mass is 9.95. The summed E-state index contributed by atoms with van der Waals surface area (Å²) in [6.45, 7) is 4.50. The maximum atomic E-state index is 12.1. The number of hydrogen-bond donors (Lipinski definition) is 1. The highest BCUT2D eigenvalue weighted by atomic mass is 19.4. The molecule has 0 radical (unpaired) electrons. The van der Waals surface area contributed by atoms with E-state index in [1.54, 1.807) is 23.9 Å². The van der Waals surface area contributed by atoms with E-state index in [2.05, 4.69) is 13.8 Å². The third kappa shape index (κ3) is 5.36. The van der Waals surface area contributed by atoms with E-state index in [9.17, 15) is 18.0 Å². The summed E-state index contributed by atoms with van der Waals surface area (Å²) in [6.07, 6.45) is 1.15. The lowest BCUT2D eigenvalue weighted by Gasteiger charge is -2.13. The molecule has 0 aliphatic carbocycles. The number of alkyl halides is 3. The summed E-state index contributed by atoms with van der Waals surface area (Å²) >= 11 is 0. The monoisotopic (exact) mass is 303 g/mol. The topological polar surface area (TPSA) is 33.0 Å². The molecule has 1 N–H and O–H groups in total. The molecule has 1 aromatic rings. The zero-order valence-electron chi connectivity index (χ0n) is 12.6. The third-order valence-electron chi connectivity index (χ3n) is 3.62. The van der Waals surface area contributed by atoms with Gasteiger partial charge in [-0.15, -0.1) is 0 Å². The average Bonchev–Trinajstić information content (AvgIpc) is 2.45. The van der Waals surface area contributed by atoms with E-state index in [4.69, 9.17) is 0 Å². The van der Waals surface area contributed by atoms with Gasteiger partial charge in [-0.1, -0.05) is 13.8 Å². The van der Waals surface area contributed by atoms with Crippen molar-refractivity contribution in [2.24, 2.45) is 0 Å². The predicted octanol–water partition coefficient (Wildman–Crippen LogP) is 3.12. The highest BCUT2D eigenvalue weighted by molar-refractivity contribution is 5.78. The van der Waals surface area contributed by atoms with Crippen molar-refractivity contribution in [3.63, 3.8) is 0 Å². The van der Waals surface area contributed by atoms with E-state index in [0.717, 1.165) is 12.8 Å². The number of aromatic nitrogens is 1. The first-order valence-electron chi connectivity index (χ1n) is 7.13. The van der Waals surface area contributed by atoms with Crippen molar-refractivity contribution in [2.75, 3.05) is 6.54 Å². The molecule has 0 aliphatic rings. The van der Waals surface area contributed by atoms with Gasteiger partial charge in [0.1, 0.15) is 6.54 Å². The second-order valence-corrected chi connectivity index (χ2v) is 5.10. The van der Waals surface area contributed by atoms with Crippen LogP contribution in [0.4, 0.5) is 13.2 Å². The number of carbonyl (C=O) groups is 1. The van der Waals surface area contributed by atoms with Crippen LogP contribution in [0.25, 0.3) is 0 Å². The molecule has 6 heteroatoms. The average molecular weight is 303 g/mol. The van der Waals surface area contributed by atoms with E-state index in [1.165, 1.54) is 5.56 Å². The summed E-state index contributed by atoms with van der Waals surface area (Å²) in [6, 6.07) is 3.17. The molecule has 1 heterocycles. The van der Waals surface area contributed by atoms with Crippen LogP contribution in [0, 0.1) is 0 Å².